The number of rotatable bonds is 5. The van der Waals surface area contributed by atoms with E-state index in [4.69, 9.17) is 4.74 Å². The Morgan fingerprint density at radius 1 is 1.39 bits per heavy atom. The van der Waals surface area contributed by atoms with Crippen LogP contribution in [0.15, 0.2) is 18.2 Å². The van der Waals surface area contributed by atoms with E-state index in [1.807, 2.05) is 32.9 Å². The van der Waals surface area contributed by atoms with Crippen LogP contribution < -0.4 is 10.1 Å². The predicted molar refractivity (Wildman–Crippen MR) is 73.9 cm³/mol. The lowest BCUT2D eigenvalue weighted by atomic mass is 9.92. The summed E-state index contributed by atoms with van der Waals surface area (Å²) >= 11 is 0. The van der Waals surface area contributed by atoms with Gasteiger partial charge in [0.25, 0.3) is 0 Å². The fourth-order valence-electron chi connectivity index (χ4n) is 2.12. The topological polar surface area (TPSA) is 38.3 Å². The zero-order valence-corrected chi connectivity index (χ0v) is 12.0. The Bertz CT molecular complexity index is 425. The maximum absolute atomic E-state index is 11.1. The molecule has 0 aliphatic rings. The average Bonchev–Trinajstić information content (AvgIpc) is 2.20. The number of hydrogen-bond acceptors (Lipinski definition) is 2. The summed E-state index contributed by atoms with van der Waals surface area (Å²) in [4.78, 5) is 11.1. The number of hydrogen-bond donors (Lipinski definition) is 1. The van der Waals surface area contributed by atoms with Crippen molar-refractivity contribution >= 4 is 5.91 Å². The molecule has 0 saturated heterocycles. The van der Waals surface area contributed by atoms with Gasteiger partial charge in [-0.2, -0.15) is 0 Å². The summed E-state index contributed by atoms with van der Waals surface area (Å²) in [6, 6.07) is 6.10. The summed E-state index contributed by atoms with van der Waals surface area (Å²) in [6.45, 7) is 10.3. The zero-order valence-electron chi connectivity index (χ0n) is 12.0. The normalized spacial score (nSPS) is 11.2. The third kappa shape index (κ3) is 4.40. The van der Waals surface area contributed by atoms with Crippen LogP contribution >= 0.6 is 0 Å². The molecule has 0 bridgehead atoms. The molecule has 0 unspecified atom stereocenters. The molecule has 0 radical (unpaired) electrons. The van der Waals surface area contributed by atoms with Gasteiger partial charge in [-0.25, -0.2) is 0 Å². The van der Waals surface area contributed by atoms with E-state index < -0.39 is 0 Å². The minimum Gasteiger partial charge on any atom is -0.494 e. The molecule has 0 atom stereocenters. The van der Waals surface area contributed by atoms with E-state index in [1.54, 1.807) is 6.92 Å². The highest BCUT2D eigenvalue weighted by atomic mass is 16.5. The van der Waals surface area contributed by atoms with Gasteiger partial charge in [0.2, 0.25) is 5.91 Å². The highest BCUT2D eigenvalue weighted by molar-refractivity contribution is 5.73. The first-order valence-corrected chi connectivity index (χ1v) is 6.35. The van der Waals surface area contributed by atoms with Gasteiger partial charge in [-0.05, 0) is 57.4 Å². The molecule has 0 spiro atoms. The van der Waals surface area contributed by atoms with E-state index in [9.17, 15) is 4.79 Å². The maximum atomic E-state index is 11.1. The number of amides is 1. The second-order valence-corrected chi connectivity index (χ2v) is 5.26. The predicted octanol–water partition coefficient (Wildman–Crippen LogP) is 2.85. The summed E-state index contributed by atoms with van der Waals surface area (Å²) in [5, 5.41) is 2.96. The van der Waals surface area contributed by atoms with Crippen molar-refractivity contribution < 1.29 is 9.53 Å². The molecule has 1 N–H and O–H groups in total. The number of nitrogens with one attached hydrogen (secondary N) is 1. The van der Waals surface area contributed by atoms with Crippen molar-refractivity contribution in [1.29, 1.82) is 0 Å². The largest absolute Gasteiger partial charge is 0.494 e. The molecule has 3 heteroatoms. The Hall–Kier alpha value is -1.51. The Morgan fingerprint density at radius 3 is 2.56 bits per heavy atom. The van der Waals surface area contributed by atoms with Gasteiger partial charge in [0, 0.05) is 12.5 Å². The number of carbonyl (C=O) groups excluding carboxylic acids is 1. The van der Waals surface area contributed by atoms with E-state index >= 15 is 0 Å². The van der Waals surface area contributed by atoms with Crippen LogP contribution in [-0.2, 0) is 11.2 Å². The number of aryl methyl sites for hydroxylation is 1. The van der Waals surface area contributed by atoms with Gasteiger partial charge in [0.05, 0.1) is 6.61 Å². The van der Waals surface area contributed by atoms with Crippen LogP contribution in [0.3, 0.4) is 0 Å². The molecule has 3 nitrogen and oxygen atoms in total. The average molecular weight is 249 g/mol. The molecule has 0 aliphatic carbocycles. The molecule has 0 aromatic heterocycles. The lowest BCUT2D eigenvalue weighted by Gasteiger charge is -2.26. The Kier molecular flexibility index (Phi) is 4.76. The van der Waals surface area contributed by atoms with Crippen LogP contribution in [0.4, 0.5) is 0 Å². The number of carbonyl (C=O) groups is 1. The monoisotopic (exact) mass is 249 g/mol. The Labute approximate surface area is 110 Å². The van der Waals surface area contributed by atoms with Gasteiger partial charge in [-0.1, -0.05) is 6.07 Å². The molecule has 1 amide bonds. The summed E-state index contributed by atoms with van der Waals surface area (Å²) < 4.78 is 5.47. The third-order valence-electron chi connectivity index (χ3n) is 2.77. The van der Waals surface area contributed by atoms with Gasteiger partial charge in [0.1, 0.15) is 5.75 Å². The first-order chi connectivity index (χ1) is 8.34. The fraction of sp³-hybridized carbons (Fsp3) is 0.533. The zero-order chi connectivity index (χ0) is 13.8. The quantitative estimate of drug-likeness (QED) is 0.871. The number of benzene rings is 1. The molecule has 0 fully saturated rings. The summed E-state index contributed by atoms with van der Waals surface area (Å²) in [7, 11) is 0. The van der Waals surface area contributed by atoms with E-state index in [0.29, 0.717) is 6.61 Å². The highest BCUT2D eigenvalue weighted by Crippen LogP contribution is 2.21. The van der Waals surface area contributed by atoms with Crippen molar-refractivity contribution in [3.63, 3.8) is 0 Å². The van der Waals surface area contributed by atoms with Crippen LogP contribution in [0, 0.1) is 6.92 Å². The van der Waals surface area contributed by atoms with E-state index in [1.165, 1.54) is 11.1 Å². The molecule has 1 aromatic rings. The lowest BCUT2D eigenvalue weighted by molar-refractivity contribution is -0.120. The highest BCUT2D eigenvalue weighted by Gasteiger charge is 2.20. The number of ether oxygens (including phenoxy) is 1. The van der Waals surface area contributed by atoms with E-state index in [0.717, 1.165) is 12.2 Å². The van der Waals surface area contributed by atoms with Crippen LogP contribution in [0.2, 0.25) is 0 Å². The van der Waals surface area contributed by atoms with Crippen LogP contribution in [0.5, 0.6) is 5.75 Å². The standard InChI is InChI=1S/C15H23NO2/c1-6-18-14-8-7-13(11(2)9-14)10-15(4,5)16-12(3)17/h7-9H,6,10H2,1-5H3,(H,16,17). The molecule has 1 aromatic carbocycles. The van der Waals surface area contributed by atoms with Crippen molar-refractivity contribution in [2.45, 2.75) is 46.6 Å². The molecule has 0 heterocycles. The smallest absolute Gasteiger partial charge is 0.217 e. The van der Waals surface area contributed by atoms with Gasteiger partial charge >= 0.3 is 0 Å². The van der Waals surface area contributed by atoms with E-state index in [-0.39, 0.29) is 11.4 Å². The minimum absolute atomic E-state index is 0.00332. The van der Waals surface area contributed by atoms with Crippen molar-refractivity contribution in [3.05, 3.63) is 29.3 Å². The van der Waals surface area contributed by atoms with Crippen LogP contribution in [0.1, 0.15) is 38.8 Å². The van der Waals surface area contributed by atoms with Crippen LogP contribution in [-0.4, -0.2) is 18.1 Å². The van der Waals surface area contributed by atoms with Gasteiger partial charge in [-0.15, -0.1) is 0 Å². The summed E-state index contributed by atoms with van der Waals surface area (Å²) in [6.07, 6.45) is 0.810. The minimum atomic E-state index is -0.232. The van der Waals surface area contributed by atoms with Crippen molar-refractivity contribution in [1.82, 2.24) is 5.32 Å². The van der Waals surface area contributed by atoms with Gasteiger partial charge in [-0.3, -0.25) is 4.79 Å². The molecular weight excluding hydrogens is 226 g/mol. The Balaban J connectivity index is 2.81. The molecule has 0 aliphatic heterocycles. The molecule has 100 valence electrons. The fourth-order valence-corrected chi connectivity index (χ4v) is 2.12. The second kappa shape index (κ2) is 5.89. The van der Waals surface area contributed by atoms with Crippen molar-refractivity contribution in [2.75, 3.05) is 6.61 Å². The van der Waals surface area contributed by atoms with Gasteiger partial charge < -0.3 is 10.1 Å². The molecule has 18 heavy (non-hydrogen) atoms. The van der Waals surface area contributed by atoms with E-state index in [2.05, 4.69) is 18.3 Å². The SMILES string of the molecule is CCOc1ccc(CC(C)(C)NC(C)=O)c(C)c1. The summed E-state index contributed by atoms with van der Waals surface area (Å²) in [5.74, 6) is 0.902. The first-order valence-electron chi connectivity index (χ1n) is 6.35. The molecule has 1 rings (SSSR count). The third-order valence-corrected chi connectivity index (χ3v) is 2.77. The molecule has 0 saturated carbocycles. The van der Waals surface area contributed by atoms with Gasteiger partial charge in [0.15, 0.2) is 0 Å². The van der Waals surface area contributed by atoms with Crippen LogP contribution in [0.25, 0.3) is 0 Å². The second-order valence-electron chi connectivity index (χ2n) is 5.26. The lowest BCUT2D eigenvalue weighted by Crippen LogP contribution is -2.44. The summed E-state index contributed by atoms with van der Waals surface area (Å²) in [5.41, 5.74) is 2.19. The Morgan fingerprint density at radius 2 is 2.06 bits per heavy atom. The maximum Gasteiger partial charge on any atom is 0.217 e. The van der Waals surface area contributed by atoms with Crippen molar-refractivity contribution in [3.8, 4) is 5.75 Å². The van der Waals surface area contributed by atoms with Crippen molar-refractivity contribution in [2.24, 2.45) is 0 Å². The first kappa shape index (κ1) is 14.6. The molecular formula is C15H23NO2.